The highest BCUT2D eigenvalue weighted by molar-refractivity contribution is 7.89. The molecule has 3 aromatic carbocycles. The third-order valence-corrected chi connectivity index (χ3v) is 8.97. The number of carbonyl (C=O) groups excluding carboxylic acids is 1. The van der Waals surface area contributed by atoms with E-state index in [1.165, 1.54) is 15.6 Å². The van der Waals surface area contributed by atoms with Crippen molar-refractivity contribution in [3.8, 4) is 22.1 Å². The van der Waals surface area contributed by atoms with E-state index in [2.05, 4.69) is 15.5 Å². The Hall–Kier alpha value is -3.54. The predicted octanol–water partition coefficient (Wildman–Crippen LogP) is 3.88. The molecule has 1 fully saturated rings. The van der Waals surface area contributed by atoms with Crippen molar-refractivity contribution in [2.75, 3.05) is 18.7 Å². The molecule has 4 aromatic rings. The van der Waals surface area contributed by atoms with Crippen molar-refractivity contribution in [2.45, 2.75) is 23.8 Å². The van der Waals surface area contributed by atoms with Gasteiger partial charge in [-0.25, -0.2) is 8.42 Å². The zero-order valence-electron chi connectivity index (χ0n) is 18.4. The summed E-state index contributed by atoms with van der Waals surface area (Å²) in [6, 6.07) is 17.1. The van der Waals surface area contributed by atoms with Crippen LogP contribution in [0.5, 0.6) is 11.5 Å². The number of anilines is 1. The Morgan fingerprint density at radius 2 is 1.86 bits per heavy atom. The quantitative estimate of drug-likeness (QED) is 0.436. The van der Waals surface area contributed by atoms with E-state index in [4.69, 9.17) is 9.47 Å². The number of hydrogen-bond acceptors (Lipinski definition) is 8. The Bertz CT molecular complexity index is 1550. The molecule has 2 aliphatic rings. The SMILES string of the molecule is O=C(Nc1nnc(-c2ccc3c(c2)OCO3)s1)C1CCCN1S(=O)(=O)c1cccc2ccccc12. The molecule has 0 saturated carbocycles. The van der Waals surface area contributed by atoms with Gasteiger partial charge in [-0.05, 0) is 42.5 Å². The lowest BCUT2D eigenvalue weighted by atomic mass is 10.1. The molecule has 1 unspecified atom stereocenters. The summed E-state index contributed by atoms with van der Waals surface area (Å²) < 4.78 is 39.2. The maximum atomic E-state index is 13.6. The Balaban J connectivity index is 1.23. The topological polar surface area (TPSA) is 111 Å². The van der Waals surface area contributed by atoms with E-state index in [1.807, 2.05) is 36.4 Å². The largest absolute Gasteiger partial charge is 0.454 e. The Morgan fingerprint density at radius 3 is 2.77 bits per heavy atom. The maximum Gasteiger partial charge on any atom is 0.244 e. The molecular weight excluding hydrogens is 488 g/mol. The Labute approximate surface area is 205 Å². The van der Waals surface area contributed by atoms with Gasteiger partial charge in [0.15, 0.2) is 11.5 Å². The first kappa shape index (κ1) is 22.0. The minimum atomic E-state index is -3.88. The fourth-order valence-electron chi connectivity index (χ4n) is 4.45. The van der Waals surface area contributed by atoms with Crippen molar-refractivity contribution in [2.24, 2.45) is 0 Å². The van der Waals surface area contributed by atoms with E-state index >= 15 is 0 Å². The van der Waals surface area contributed by atoms with Gasteiger partial charge in [0.1, 0.15) is 11.0 Å². The summed E-state index contributed by atoms with van der Waals surface area (Å²) in [6.07, 6.45) is 1.03. The lowest BCUT2D eigenvalue weighted by Crippen LogP contribution is -2.43. The molecule has 9 nitrogen and oxygen atoms in total. The summed E-state index contributed by atoms with van der Waals surface area (Å²) in [5.74, 6) is 0.878. The van der Waals surface area contributed by atoms with Gasteiger partial charge < -0.3 is 9.47 Å². The molecule has 1 amide bonds. The van der Waals surface area contributed by atoms with Crippen LogP contribution in [0.2, 0.25) is 0 Å². The van der Waals surface area contributed by atoms with Crippen molar-refractivity contribution in [1.29, 1.82) is 0 Å². The highest BCUT2D eigenvalue weighted by Crippen LogP contribution is 2.37. The average Bonchev–Trinajstić information content (AvgIpc) is 3.64. The number of fused-ring (bicyclic) bond motifs is 2. The van der Waals surface area contributed by atoms with E-state index in [9.17, 15) is 13.2 Å². The van der Waals surface area contributed by atoms with Crippen LogP contribution < -0.4 is 14.8 Å². The van der Waals surface area contributed by atoms with Crippen molar-refractivity contribution >= 4 is 43.2 Å². The number of nitrogens with one attached hydrogen (secondary N) is 1. The van der Waals surface area contributed by atoms with Gasteiger partial charge in [-0.3, -0.25) is 10.1 Å². The molecule has 11 heteroatoms. The summed E-state index contributed by atoms with van der Waals surface area (Å²) in [6.45, 7) is 0.456. The second-order valence-electron chi connectivity index (χ2n) is 8.22. The summed E-state index contributed by atoms with van der Waals surface area (Å²) in [5, 5.41) is 13.4. The molecule has 0 aliphatic carbocycles. The normalized spacial score (nSPS) is 17.7. The minimum Gasteiger partial charge on any atom is -0.454 e. The third kappa shape index (κ3) is 3.91. The molecule has 35 heavy (non-hydrogen) atoms. The highest BCUT2D eigenvalue weighted by atomic mass is 32.2. The van der Waals surface area contributed by atoms with Gasteiger partial charge in [0.2, 0.25) is 27.9 Å². The predicted molar refractivity (Wildman–Crippen MR) is 131 cm³/mol. The van der Waals surface area contributed by atoms with Crippen LogP contribution in [-0.2, 0) is 14.8 Å². The highest BCUT2D eigenvalue weighted by Gasteiger charge is 2.40. The zero-order valence-corrected chi connectivity index (χ0v) is 20.0. The molecule has 3 heterocycles. The molecule has 0 bridgehead atoms. The average molecular weight is 509 g/mol. The number of hydrogen-bond donors (Lipinski definition) is 1. The summed E-state index contributed by atoms with van der Waals surface area (Å²) >= 11 is 1.21. The first-order valence-electron chi connectivity index (χ1n) is 11.0. The fraction of sp³-hybridized carbons (Fsp3) is 0.208. The van der Waals surface area contributed by atoms with E-state index < -0.39 is 22.0 Å². The summed E-state index contributed by atoms with van der Waals surface area (Å²) in [5.41, 5.74) is 0.785. The van der Waals surface area contributed by atoms with Gasteiger partial charge in [-0.1, -0.05) is 47.7 Å². The van der Waals surface area contributed by atoms with Crippen molar-refractivity contribution < 1.29 is 22.7 Å². The van der Waals surface area contributed by atoms with E-state index in [0.717, 1.165) is 10.9 Å². The van der Waals surface area contributed by atoms with Crippen LogP contribution in [0, 0.1) is 0 Å². The van der Waals surface area contributed by atoms with Crippen LogP contribution in [0.25, 0.3) is 21.3 Å². The van der Waals surface area contributed by atoms with Gasteiger partial charge in [-0.15, -0.1) is 10.2 Å². The number of ether oxygens (including phenoxy) is 2. The number of nitrogens with zero attached hydrogens (tertiary/aromatic N) is 3. The van der Waals surface area contributed by atoms with Crippen molar-refractivity contribution in [1.82, 2.24) is 14.5 Å². The van der Waals surface area contributed by atoms with Crippen LogP contribution in [0.3, 0.4) is 0 Å². The Kier molecular flexibility index (Phi) is 5.39. The van der Waals surface area contributed by atoms with Gasteiger partial charge in [-0.2, -0.15) is 4.31 Å². The van der Waals surface area contributed by atoms with Crippen LogP contribution in [0.15, 0.2) is 65.6 Å². The summed E-state index contributed by atoms with van der Waals surface area (Å²) in [4.78, 5) is 13.4. The lowest BCUT2D eigenvalue weighted by Gasteiger charge is -2.23. The molecular formula is C24H20N4O5S2. The number of rotatable bonds is 5. The molecule has 1 atom stereocenters. The van der Waals surface area contributed by atoms with Crippen LogP contribution in [0.4, 0.5) is 5.13 Å². The van der Waals surface area contributed by atoms with Crippen LogP contribution >= 0.6 is 11.3 Å². The van der Waals surface area contributed by atoms with Gasteiger partial charge in [0.25, 0.3) is 0 Å². The molecule has 6 rings (SSSR count). The third-order valence-electron chi connectivity index (χ3n) is 6.12. The van der Waals surface area contributed by atoms with E-state index in [0.29, 0.717) is 39.9 Å². The molecule has 2 aliphatic heterocycles. The monoisotopic (exact) mass is 508 g/mol. The van der Waals surface area contributed by atoms with Gasteiger partial charge >= 0.3 is 0 Å². The number of benzene rings is 3. The van der Waals surface area contributed by atoms with Crippen molar-refractivity contribution in [3.63, 3.8) is 0 Å². The minimum absolute atomic E-state index is 0.176. The number of carbonyl (C=O) groups is 1. The molecule has 1 saturated heterocycles. The number of aromatic nitrogens is 2. The smallest absolute Gasteiger partial charge is 0.244 e. The first-order valence-corrected chi connectivity index (χ1v) is 13.3. The molecule has 1 N–H and O–H groups in total. The standard InChI is InChI=1S/C24H20N4O5S2/c29-22(25-24-27-26-23(34-24)16-10-11-19-20(13-16)33-14-32-19)18-8-4-12-28(18)35(30,31)21-9-3-6-15-5-1-2-7-17(15)21/h1-3,5-7,9-11,13,18H,4,8,12,14H2,(H,25,27,29). The molecule has 0 spiro atoms. The van der Waals surface area contributed by atoms with Gasteiger partial charge in [0, 0.05) is 17.5 Å². The number of amides is 1. The second-order valence-corrected chi connectivity index (χ2v) is 11.1. The summed E-state index contributed by atoms with van der Waals surface area (Å²) in [7, 11) is -3.88. The van der Waals surface area contributed by atoms with Gasteiger partial charge in [0.05, 0.1) is 4.90 Å². The Morgan fingerprint density at radius 1 is 1.03 bits per heavy atom. The maximum absolute atomic E-state index is 13.6. The molecule has 0 radical (unpaired) electrons. The van der Waals surface area contributed by atoms with Crippen LogP contribution in [0.1, 0.15) is 12.8 Å². The molecule has 1 aromatic heterocycles. The first-order chi connectivity index (χ1) is 17.0. The number of sulfonamides is 1. The second kappa shape index (κ2) is 8.59. The zero-order chi connectivity index (χ0) is 24.0. The fourth-order valence-corrected chi connectivity index (χ4v) is 7.06. The molecule has 178 valence electrons. The van der Waals surface area contributed by atoms with E-state index in [1.54, 1.807) is 24.3 Å². The van der Waals surface area contributed by atoms with Crippen molar-refractivity contribution in [3.05, 3.63) is 60.7 Å². The lowest BCUT2D eigenvalue weighted by molar-refractivity contribution is -0.119. The van der Waals surface area contributed by atoms with E-state index in [-0.39, 0.29) is 18.2 Å². The van der Waals surface area contributed by atoms with Crippen LogP contribution in [-0.4, -0.2) is 48.2 Å².